The van der Waals surface area contributed by atoms with Crippen LogP contribution in [-0.4, -0.2) is 30.5 Å². The number of rotatable bonds is 13. The molecule has 1 aliphatic carbocycles. The summed E-state index contributed by atoms with van der Waals surface area (Å²) < 4.78 is 26.2. The molecule has 41 heavy (non-hydrogen) atoms. The maximum absolute atomic E-state index is 9.52. The molecule has 0 aromatic heterocycles. The van der Waals surface area contributed by atoms with Crippen molar-refractivity contribution in [1.82, 2.24) is 0 Å². The summed E-state index contributed by atoms with van der Waals surface area (Å²) in [6, 6.07) is 39.5. The minimum absolute atomic E-state index is 0.356. The summed E-state index contributed by atoms with van der Waals surface area (Å²) in [5.74, 6) is 0. The Morgan fingerprint density at radius 1 is 0.512 bits per heavy atom. The first-order valence-electron chi connectivity index (χ1n) is 14.0. The molecule has 0 aliphatic heterocycles. The first-order valence-corrected chi connectivity index (χ1v) is 14.0. The van der Waals surface area contributed by atoms with Gasteiger partial charge in [-0.05, 0) is 34.2 Å². The smallest absolute Gasteiger partial charge is 0.113 e. The Labute approximate surface area is 241 Å². The largest absolute Gasteiger partial charge is 0.371 e. The average molecular weight is 550 g/mol. The summed E-state index contributed by atoms with van der Waals surface area (Å²) in [5, 5.41) is 4.18. The topological polar surface area (TPSA) is 85.7 Å². The second-order valence-electron chi connectivity index (χ2n) is 10.1. The molecule has 5 atom stereocenters. The molecule has 4 aromatic rings. The summed E-state index contributed by atoms with van der Waals surface area (Å²) in [6.45, 7) is 1.51. The van der Waals surface area contributed by atoms with Crippen LogP contribution in [0.15, 0.2) is 126 Å². The monoisotopic (exact) mass is 549 g/mol. The molecule has 0 saturated heterocycles. The lowest BCUT2D eigenvalue weighted by Crippen LogP contribution is -2.58. The Morgan fingerprint density at radius 2 is 0.878 bits per heavy atom. The van der Waals surface area contributed by atoms with Crippen LogP contribution in [0.25, 0.3) is 10.4 Å². The molecular weight excluding hydrogens is 514 g/mol. The predicted octanol–water partition coefficient (Wildman–Crippen LogP) is 7.41. The molecule has 210 valence electrons. The summed E-state index contributed by atoms with van der Waals surface area (Å²) in [4.78, 5) is 3.18. The van der Waals surface area contributed by atoms with Crippen LogP contribution in [0.2, 0.25) is 0 Å². The second kappa shape index (κ2) is 15.1. The number of benzene rings is 4. The number of hydrogen-bond acceptors (Lipinski definition) is 5. The highest BCUT2D eigenvalue weighted by molar-refractivity contribution is 5.17. The van der Waals surface area contributed by atoms with Crippen LogP contribution in [0.4, 0.5) is 0 Å². The molecule has 5 rings (SSSR count). The van der Waals surface area contributed by atoms with Gasteiger partial charge in [-0.2, -0.15) is 0 Å². The van der Waals surface area contributed by atoms with E-state index in [9.17, 15) is 5.53 Å². The van der Waals surface area contributed by atoms with Gasteiger partial charge in [0, 0.05) is 4.91 Å². The number of nitrogens with zero attached hydrogens (tertiary/aromatic N) is 3. The van der Waals surface area contributed by atoms with Crippen LogP contribution in [-0.2, 0) is 45.4 Å². The van der Waals surface area contributed by atoms with Crippen molar-refractivity contribution >= 4 is 0 Å². The molecule has 4 aromatic carbocycles. The molecule has 7 heteroatoms. The maximum atomic E-state index is 9.52. The van der Waals surface area contributed by atoms with Crippen molar-refractivity contribution in [3.8, 4) is 0 Å². The van der Waals surface area contributed by atoms with Crippen molar-refractivity contribution in [2.45, 2.75) is 63.3 Å². The third-order valence-corrected chi connectivity index (χ3v) is 7.23. The fourth-order valence-electron chi connectivity index (χ4n) is 5.14. The predicted molar refractivity (Wildman–Crippen MR) is 158 cm³/mol. The third kappa shape index (κ3) is 8.27. The van der Waals surface area contributed by atoms with Crippen LogP contribution < -0.4 is 0 Å². The van der Waals surface area contributed by atoms with Crippen LogP contribution in [0, 0.1) is 0 Å². The lowest BCUT2D eigenvalue weighted by atomic mass is 9.85. The summed E-state index contributed by atoms with van der Waals surface area (Å²) >= 11 is 0. The third-order valence-electron chi connectivity index (χ3n) is 7.23. The van der Waals surface area contributed by atoms with Crippen LogP contribution in [0.1, 0.15) is 28.7 Å². The van der Waals surface area contributed by atoms with Gasteiger partial charge >= 0.3 is 0 Å². The van der Waals surface area contributed by atoms with Gasteiger partial charge in [-0.25, -0.2) is 0 Å². The highest BCUT2D eigenvalue weighted by atomic mass is 16.6. The molecule has 0 radical (unpaired) electrons. The number of hydrogen-bond donors (Lipinski definition) is 0. The molecule has 0 unspecified atom stereocenters. The van der Waals surface area contributed by atoms with Gasteiger partial charge < -0.3 is 18.9 Å². The maximum Gasteiger partial charge on any atom is 0.113 e. The highest BCUT2D eigenvalue weighted by Gasteiger charge is 2.47. The van der Waals surface area contributed by atoms with Crippen LogP contribution in [0.5, 0.6) is 0 Å². The zero-order valence-electron chi connectivity index (χ0n) is 22.9. The van der Waals surface area contributed by atoms with Gasteiger partial charge in [-0.1, -0.05) is 126 Å². The second-order valence-corrected chi connectivity index (χ2v) is 10.1. The molecular formula is C34H35N3O4. The molecule has 1 aliphatic rings. The van der Waals surface area contributed by atoms with Gasteiger partial charge in [0.1, 0.15) is 12.2 Å². The molecule has 0 N–H and O–H groups in total. The van der Waals surface area contributed by atoms with Crippen LogP contribution in [0.3, 0.4) is 0 Å². The van der Waals surface area contributed by atoms with Crippen molar-refractivity contribution in [3.63, 3.8) is 0 Å². The highest BCUT2D eigenvalue weighted by Crippen LogP contribution is 2.34. The number of azide groups is 1. The molecule has 7 nitrogen and oxygen atoms in total. The van der Waals surface area contributed by atoms with Crippen molar-refractivity contribution in [2.75, 3.05) is 0 Å². The van der Waals surface area contributed by atoms with E-state index in [4.69, 9.17) is 18.9 Å². The van der Waals surface area contributed by atoms with Gasteiger partial charge in [0.15, 0.2) is 0 Å². The summed E-state index contributed by atoms with van der Waals surface area (Å²) in [7, 11) is 0. The summed E-state index contributed by atoms with van der Waals surface area (Å²) in [5.41, 5.74) is 13.7. The molecule has 0 heterocycles. The Balaban J connectivity index is 1.44. The molecule has 0 spiro atoms. The molecule has 1 saturated carbocycles. The quantitative estimate of drug-likeness (QED) is 0.0987. The minimum atomic E-state index is -0.548. The Kier molecular flexibility index (Phi) is 10.5. The lowest BCUT2D eigenvalue weighted by molar-refractivity contribution is -0.218. The Bertz CT molecular complexity index is 1350. The first kappa shape index (κ1) is 28.6. The molecule has 0 bridgehead atoms. The van der Waals surface area contributed by atoms with E-state index in [1.165, 1.54) is 0 Å². The van der Waals surface area contributed by atoms with Crippen molar-refractivity contribution in [2.24, 2.45) is 5.11 Å². The molecule has 1 fully saturated rings. The van der Waals surface area contributed by atoms with Gasteiger partial charge in [-0.3, -0.25) is 0 Å². The lowest BCUT2D eigenvalue weighted by Gasteiger charge is -2.45. The minimum Gasteiger partial charge on any atom is -0.371 e. The first-order chi connectivity index (χ1) is 20.3. The normalized spacial score (nSPS) is 22.1. The average Bonchev–Trinajstić information content (AvgIpc) is 3.03. The van der Waals surface area contributed by atoms with E-state index in [-0.39, 0.29) is 6.10 Å². The van der Waals surface area contributed by atoms with E-state index in [0.29, 0.717) is 32.8 Å². The molecule has 0 amide bonds. The van der Waals surface area contributed by atoms with E-state index in [1.54, 1.807) is 0 Å². The van der Waals surface area contributed by atoms with Crippen molar-refractivity contribution in [1.29, 1.82) is 0 Å². The van der Waals surface area contributed by atoms with Crippen molar-refractivity contribution < 1.29 is 18.9 Å². The van der Waals surface area contributed by atoms with E-state index >= 15 is 0 Å². The van der Waals surface area contributed by atoms with E-state index in [2.05, 4.69) is 10.0 Å². The van der Waals surface area contributed by atoms with E-state index < -0.39 is 24.4 Å². The zero-order chi connectivity index (χ0) is 28.1. The van der Waals surface area contributed by atoms with E-state index in [0.717, 1.165) is 22.3 Å². The van der Waals surface area contributed by atoms with Gasteiger partial charge in [0.05, 0.1) is 44.7 Å². The SMILES string of the molecule is [N-]=[N+]=N[C@H]1C[C@@H](OCc2ccccc2)[C@H](OCc2ccccc2)[C@@H](OCc2ccccc2)[C@@H]1OCc1ccccc1. The number of ether oxygens (including phenoxy) is 4. The fraction of sp³-hybridized carbons (Fsp3) is 0.294. The van der Waals surface area contributed by atoms with Crippen LogP contribution >= 0.6 is 0 Å². The fourth-order valence-corrected chi connectivity index (χ4v) is 5.14. The van der Waals surface area contributed by atoms with Gasteiger partial charge in [0.2, 0.25) is 0 Å². The van der Waals surface area contributed by atoms with Gasteiger partial charge in [0.25, 0.3) is 0 Å². The standard InChI is InChI=1S/C34H35N3O4/c35-37-36-30-21-31(38-22-26-13-5-1-6-14-26)33(40-24-28-17-9-3-10-18-28)34(41-25-29-19-11-4-12-20-29)32(30)39-23-27-15-7-2-8-16-27/h1-20,30-34H,21-25H2/t30-,31+,32+,33-,34-/m0/s1. The van der Waals surface area contributed by atoms with Crippen molar-refractivity contribution in [3.05, 3.63) is 154 Å². The Morgan fingerprint density at radius 3 is 1.29 bits per heavy atom. The zero-order valence-corrected chi connectivity index (χ0v) is 22.9. The Hall–Kier alpha value is -3.97. The van der Waals surface area contributed by atoms with Gasteiger partial charge in [-0.15, -0.1) is 0 Å². The van der Waals surface area contributed by atoms with E-state index in [1.807, 2.05) is 121 Å². The summed E-state index contributed by atoms with van der Waals surface area (Å²) in [6.07, 6.45) is -1.48.